The lowest BCUT2D eigenvalue weighted by molar-refractivity contribution is -0.127. The van der Waals surface area contributed by atoms with Gasteiger partial charge in [0.15, 0.2) is 0 Å². The molecule has 0 saturated carbocycles. The van der Waals surface area contributed by atoms with Gasteiger partial charge >= 0.3 is 0 Å². The van der Waals surface area contributed by atoms with Crippen molar-refractivity contribution in [3.63, 3.8) is 0 Å². The minimum Gasteiger partial charge on any atom is -0.368 e. The molecule has 28 heavy (non-hydrogen) atoms. The van der Waals surface area contributed by atoms with Crippen LogP contribution in [0.2, 0.25) is 0 Å². The van der Waals surface area contributed by atoms with Crippen molar-refractivity contribution in [1.82, 2.24) is 24.9 Å². The van der Waals surface area contributed by atoms with Crippen molar-refractivity contribution in [2.75, 3.05) is 6.26 Å². The molecular formula is C19H22N6O2S. The van der Waals surface area contributed by atoms with Crippen molar-refractivity contribution in [2.45, 2.75) is 37.9 Å². The number of nitrogens with one attached hydrogen (secondary N) is 1. The van der Waals surface area contributed by atoms with Crippen LogP contribution < -0.4 is 11.1 Å². The fraction of sp³-hybridized carbons (Fsp3) is 0.316. The maximum absolute atomic E-state index is 12.6. The Morgan fingerprint density at radius 3 is 2.57 bits per heavy atom. The summed E-state index contributed by atoms with van der Waals surface area (Å²) >= 11 is 1.43. The number of carbonyl (C=O) groups is 2. The molecule has 3 rings (SSSR count). The number of hydrogen-bond acceptors (Lipinski definition) is 6. The third-order valence-corrected chi connectivity index (χ3v) is 5.05. The largest absolute Gasteiger partial charge is 0.368 e. The first-order valence-corrected chi connectivity index (χ1v) is 10.0. The van der Waals surface area contributed by atoms with Crippen LogP contribution in [0.5, 0.6) is 0 Å². The van der Waals surface area contributed by atoms with E-state index in [-0.39, 0.29) is 12.3 Å². The first kappa shape index (κ1) is 19.8. The molecule has 0 aliphatic rings. The third kappa shape index (κ3) is 4.30. The highest BCUT2D eigenvalue weighted by atomic mass is 32.2. The molecule has 0 bridgehead atoms. The number of nitrogens with two attached hydrogens (primary N) is 1. The zero-order valence-electron chi connectivity index (χ0n) is 16.0. The van der Waals surface area contributed by atoms with E-state index in [0.717, 1.165) is 16.8 Å². The topological polar surface area (TPSA) is 115 Å². The van der Waals surface area contributed by atoms with E-state index >= 15 is 0 Å². The van der Waals surface area contributed by atoms with Gasteiger partial charge in [-0.1, -0.05) is 42.1 Å². The minimum atomic E-state index is -0.776. The summed E-state index contributed by atoms with van der Waals surface area (Å²) in [6.07, 6.45) is 2.31. The van der Waals surface area contributed by atoms with E-state index in [9.17, 15) is 9.59 Å². The normalized spacial score (nSPS) is 12.1. The van der Waals surface area contributed by atoms with Crippen molar-refractivity contribution >= 4 is 29.4 Å². The fourth-order valence-electron chi connectivity index (χ4n) is 3.01. The van der Waals surface area contributed by atoms with Gasteiger partial charge in [-0.15, -0.1) is 5.10 Å². The van der Waals surface area contributed by atoms with Gasteiger partial charge in [0.05, 0.1) is 6.42 Å². The van der Waals surface area contributed by atoms with Crippen molar-refractivity contribution in [2.24, 2.45) is 5.73 Å². The van der Waals surface area contributed by atoms with Gasteiger partial charge < -0.3 is 11.1 Å². The lowest BCUT2D eigenvalue weighted by Gasteiger charge is -2.17. The highest BCUT2D eigenvalue weighted by molar-refractivity contribution is 7.98. The number of amides is 2. The monoisotopic (exact) mass is 398 g/mol. The lowest BCUT2D eigenvalue weighted by atomic mass is 10.0. The molecule has 1 unspecified atom stereocenters. The molecule has 3 aromatic rings. The molecule has 0 spiro atoms. The lowest BCUT2D eigenvalue weighted by Crippen LogP contribution is -2.46. The molecule has 2 amide bonds. The second kappa shape index (κ2) is 8.39. The Hall–Kier alpha value is -2.94. The summed E-state index contributed by atoms with van der Waals surface area (Å²) in [5, 5.41) is 7.75. The molecule has 0 fully saturated rings. The number of hydrogen-bond donors (Lipinski definition) is 2. The second-order valence-corrected chi connectivity index (χ2v) is 7.23. The van der Waals surface area contributed by atoms with Crippen molar-refractivity contribution < 1.29 is 9.59 Å². The zero-order valence-corrected chi connectivity index (χ0v) is 16.8. The molecule has 0 aliphatic carbocycles. The van der Waals surface area contributed by atoms with Gasteiger partial charge in [-0.3, -0.25) is 9.59 Å². The Kier molecular flexibility index (Phi) is 5.93. The number of fused-ring (bicyclic) bond motifs is 1. The number of nitrogens with zero attached hydrogens (tertiary/aromatic N) is 4. The predicted molar refractivity (Wildman–Crippen MR) is 107 cm³/mol. The molecule has 8 nitrogen and oxygen atoms in total. The molecule has 2 heterocycles. The maximum atomic E-state index is 12.6. The van der Waals surface area contributed by atoms with Gasteiger partial charge in [0.25, 0.3) is 5.78 Å². The van der Waals surface area contributed by atoms with E-state index in [1.807, 2.05) is 50.4 Å². The number of thioether (sulfide) groups is 1. The average molecular weight is 398 g/mol. The molecule has 0 radical (unpaired) electrons. The van der Waals surface area contributed by atoms with E-state index in [4.69, 9.17) is 5.73 Å². The molecule has 1 aromatic carbocycles. The summed E-state index contributed by atoms with van der Waals surface area (Å²) in [7, 11) is 0. The van der Waals surface area contributed by atoms with Crippen LogP contribution in [0.15, 0.2) is 35.5 Å². The molecule has 9 heteroatoms. The second-order valence-electron chi connectivity index (χ2n) is 6.46. The summed E-state index contributed by atoms with van der Waals surface area (Å²) in [5.74, 6) is -0.361. The van der Waals surface area contributed by atoms with Crippen LogP contribution in [-0.2, 0) is 22.4 Å². The zero-order chi connectivity index (χ0) is 20.3. The average Bonchev–Trinajstić information content (AvgIpc) is 3.08. The maximum Gasteiger partial charge on any atom is 0.253 e. The van der Waals surface area contributed by atoms with Gasteiger partial charge in [-0.05, 0) is 25.7 Å². The van der Waals surface area contributed by atoms with E-state index < -0.39 is 11.9 Å². The number of aryl methyl sites for hydroxylation is 2. The van der Waals surface area contributed by atoms with Gasteiger partial charge in [0.2, 0.25) is 17.0 Å². The number of carbonyl (C=O) groups excluding carboxylic acids is 2. The van der Waals surface area contributed by atoms with Crippen molar-refractivity contribution in [3.8, 4) is 0 Å². The Morgan fingerprint density at radius 2 is 1.93 bits per heavy atom. The predicted octanol–water partition coefficient (Wildman–Crippen LogP) is 1.22. The summed E-state index contributed by atoms with van der Waals surface area (Å²) in [5.41, 5.74) is 8.67. The smallest absolute Gasteiger partial charge is 0.253 e. The number of primary amides is 1. The molecular weight excluding hydrogens is 376 g/mol. The quantitative estimate of drug-likeness (QED) is 0.578. The van der Waals surface area contributed by atoms with Crippen molar-refractivity contribution in [1.29, 1.82) is 0 Å². The number of aromatic nitrogens is 4. The van der Waals surface area contributed by atoms with Crippen LogP contribution in [-0.4, -0.2) is 43.7 Å². The van der Waals surface area contributed by atoms with Crippen LogP contribution in [0.25, 0.3) is 5.78 Å². The Labute approximate surface area is 166 Å². The third-order valence-electron chi connectivity index (χ3n) is 4.51. The fourth-order valence-corrected chi connectivity index (χ4v) is 3.35. The van der Waals surface area contributed by atoms with Gasteiger partial charge in [0.1, 0.15) is 6.04 Å². The van der Waals surface area contributed by atoms with Crippen LogP contribution >= 0.6 is 11.8 Å². The van der Waals surface area contributed by atoms with Crippen molar-refractivity contribution in [3.05, 3.63) is 52.8 Å². The Bertz CT molecular complexity index is 1020. The van der Waals surface area contributed by atoms with Gasteiger partial charge in [-0.2, -0.15) is 4.98 Å². The van der Waals surface area contributed by atoms with E-state index in [1.165, 1.54) is 11.8 Å². The van der Waals surface area contributed by atoms with Crippen LogP contribution in [0, 0.1) is 13.8 Å². The first-order chi connectivity index (χ1) is 13.4. The summed E-state index contributed by atoms with van der Waals surface area (Å²) in [6.45, 7) is 3.71. The molecule has 3 N–H and O–H groups in total. The van der Waals surface area contributed by atoms with Gasteiger partial charge in [0, 0.05) is 23.4 Å². The van der Waals surface area contributed by atoms with Crippen LogP contribution in [0.4, 0.5) is 0 Å². The number of rotatable bonds is 7. The molecule has 0 aliphatic heterocycles. The highest BCUT2D eigenvalue weighted by Gasteiger charge is 2.21. The Balaban J connectivity index is 1.78. The Morgan fingerprint density at radius 1 is 1.21 bits per heavy atom. The first-order valence-electron chi connectivity index (χ1n) is 8.78. The summed E-state index contributed by atoms with van der Waals surface area (Å²) in [4.78, 5) is 33.2. The molecule has 1 atom stereocenters. The molecule has 2 aromatic heterocycles. The number of benzene rings is 1. The summed E-state index contributed by atoms with van der Waals surface area (Å²) in [6, 6.07) is 8.66. The van der Waals surface area contributed by atoms with Gasteiger partial charge in [-0.25, -0.2) is 9.50 Å². The summed E-state index contributed by atoms with van der Waals surface area (Å²) < 4.78 is 1.64. The molecule has 146 valence electrons. The van der Waals surface area contributed by atoms with E-state index in [2.05, 4.69) is 20.4 Å². The minimum absolute atomic E-state index is 0.0770. The van der Waals surface area contributed by atoms with E-state index in [0.29, 0.717) is 23.0 Å². The highest BCUT2D eigenvalue weighted by Crippen LogP contribution is 2.17. The van der Waals surface area contributed by atoms with E-state index in [1.54, 1.807) is 4.52 Å². The standard InChI is InChI=1S/C19H22N6O2S/c1-11-14(12(2)25-18(21-11)23-19(24-25)28-3)10-16(26)22-15(17(20)27)9-13-7-5-4-6-8-13/h4-8,15H,9-10H2,1-3H3,(H2,20,27)(H,22,26). The SMILES string of the molecule is CSc1nc2nc(C)c(CC(=O)NC(Cc3ccccc3)C(N)=O)c(C)n2n1. The van der Waals surface area contributed by atoms with Crippen LogP contribution in [0.1, 0.15) is 22.5 Å². The molecule has 0 saturated heterocycles. The van der Waals surface area contributed by atoms with Crippen LogP contribution in [0.3, 0.4) is 0 Å².